The molecular formula is C13H22O5. The van der Waals surface area contributed by atoms with Crippen LogP contribution in [0.4, 0.5) is 0 Å². The van der Waals surface area contributed by atoms with Crippen molar-refractivity contribution in [2.45, 2.75) is 37.4 Å². The number of aliphatic hydroxyl groups is 3. The van der Waals surface area contributed by atoms with Crippen LogP contribution in [-0.4, -0.2) is 54.1 Å². The number of hydrogen-bond acceptors (Lipinski definition) is 5. The number of hydrogen-bond donors (Lipinski definition) is 3. The molecule has 0 heterocycles. The first-order valence-corrected chi connectivity index (χ1v) is 6.65. The van der Waals surface area contributed by atoms with Gasteiger partial charge in [-0.15, -0.1) is 0 Å². The standard InChI is InChI=1S/C13H22O5/c1-17-8-18-13-3-2-11(4-5-14)6-12(13,7-15)9(13)10(11)16/h9-10,14-16H,2-8H2,1H3/t9?,10?,11-,12+,13-/m0/s1. The van der Waals surface area contributed by atoms with E-state index in [9.17, 15) is 15.3 Å². The van der Waals surface area contributed by atoms with E-state index < -0.39 is 11.7 Å². The van der Waals surface area contributed by atoms with E-state index in [0.717, 1.165) is 19.3 Å². The second-order valence-corrected chi connectivity index (χ2v) is 6.19. The second kappa shape index (κ2) is 3.90. The van der Waals surface area contributed by atoms with Gasteiger partial charge in [-0.25, -0.2) is 0 Å². The van der Waals surface area contributed by atoms with Gasteiger partial charge in [0.15, 0.2) is 0 Å². The van der Waals surface area contributed by atoms with Gasteiger partial charge in [0, 0.05) is 25.0 Å². The normalized spacial score (nSPS) is 52.7. The summed E-state index contributed by atoms with van der Waals surface area (Å²) >= 11 is 0. The van der Waals surface area contributed by atoms with E-state index >= 15 is 0 Å². The molecule has 4 fully saturated rings. The van der Waals surface area contributed by atoms with Gasteiger partial charge in [0.2, 0.25) is 0 Å². The summed E-state index contributed by atoms with van der Waals surface area (Å²) in [5.41, 5.74) is -0.910. The maximum Gasteiger partial charge on any atom is 0.147 e. The monoisotopic (exact) mass is 258 g/mol. The quantitative estimate of drug-likeness (QED) is 0.579. The highest BCUT2D eigenvalue weighted by atomic mass is 16.7. The lowest BCUT2D eigenvalue weighted by molar-refractivity contribution is -0.166. The smallest absolute Gasteiger partial charge is 0.147 e. The lowest BCUT2D eigenvalue weighted by Gasteiger charge is -2.46. The molecule has 2 unspecified atom stereocenters. The molecule has 0 radical (unpaired) electrons. The molecular weight excluding hydrogens is 236 g/mol. The zero-order valence-corrected chi connectivity index (χ0v) is 10.8. The topological polar surface area (TPSA) is 79.2 Å². The maximum absolute atomic E-state index is 10.5. The van der Waals surface area contributed by atoms with E-state index in [1.54, 1.807) is 7.11 Å². The Kier molecular flexibility index (Phi) is 2.78. The molecule has 4 aliphatic rings. The molecule has 4 saturated carbocycles. The van der Waals surface area contributed by atoms with E-state index in [-0.39, 0.29) is 36.8 Å². The van der Waals surface area contributed by atoms with Crippen LogP contribution in [0.2, 0.25) is 0 Å². The average Bonchev–Trinajstić information content (AvgIpc) is 2.90. The van der Waals surface area contributed by atoms with E-state index in [0.29, 0.717) is 6.42 Å². The third-order valence-corrected chi connectivity index (χ3v) is 5.79. The van der Waals surface area contributed by atoms with Crippen LogP contribution in [0.5, 0.6) is 0 Å². The first-order chi connectivity index (χ1) is 8.62. The van der Waals surface area contributed by atoms with Crippen molar-refractivity contribution in [3.05, 3.63) is 0 Å². The Bertz CT molecular complexity index is 348. The molecule has 5 atom stereocenters. The van der Waals surface area contributed by atoms with Crippen LogP contribution in [0.25, 0.3) is 0 Å². The van der Waals surface area contributed by atoms with Crippen LogP contribution >= 0.6 is 0 Å². The predicted molar refractivity (Wildman–Crippen MR) is 62.7 cm³/mol. The number of methoxy groups -OCH3 is 1. The molecule has 0 aromatic carbocycles. The third kappa shape index (κ3) is 1.20. The Balaban J connectivity index is 1.86. The summed E-state index contributed by atoms with van der Waals surface area (Å²) < 4.78 is 10.8. The Morgan fingerprint density at radius 3 is 2.61 bits per heavy atom. The molecule has 4 rings (SSSR count). The highest BCUT2D eigenvalue weighted by Gasteiger charge is 2.88. The Morgan fingerprint density at radius 2 is 2.06 bits per heavy atom. The van der Waals surface area contributed by atoms with Crippen LogP contribution < -0.4 is 0 Å². The highest BCUT2D eigenvalue weighted by molar-refractivity contribution is 5.36. The van der Waals surface area contributed by atoms with Crippen LogP contribution in [0.1, 0.15) is 25.7 Å². The SMILES string of the molecule is COCO[C@]12CC[C@]3(CCO)C[C@@]1(CO)C2C3O. The Morgan fingerprint density at radius 1 is 1.28 bits per heavy atom. The van der Waals surface area contributed by atoms with E-state index in [1.165, 1.54) is 0 Å². The molecule has 0 spiro atoms. The second-order valence-electron chi connectivity index (χ2n) is 6.19. The van der Waals surface area contributed by atoms with Crippen molar-refractivity contribution in [3.8, 4) is 0 Å². The van der Waals surface area contributed by atoms with Crippen LogP contribution in [0, 0.1) is 16.7 Å². The first kappa shape index (κ1) is 12.8. The van der Waals surface area contributed by atoms with Gasteiger partial charge in [-0.2, -0.15) is 0 Å². The minimum Gasteiger partial charge on any atom is -0.396 e. The fourth-order valence-corrected chi connectivity index (χ4v) is 4.99. The van der Waals surface area contributed by atoms with Crippen molar-refractivity contribution in [1.82, 2.24) is 0 Å². The zero-order valence-electron chi connectivity index (χ0n) is 10.8. The molecule has 4 aliphatic carbocycles. The van der Waals surface area contributed by atoms with E-state index in [4.69, 9.17) is 9.47 Å². The van der Waals surface area contributed by atoms with Crippen molar-refractivity contribution < 1.29 is 24.8 Å². The van der Waals surface area contributed by atoms with Crippen molar-refractivity contribution in [3.63, 3.8) is 0 Å². The molecule has 0 saturated heterocycles. The van der Waals surface area contributed by atoms with E-state index in [1.807, 2.05) is 0 Å². The van der Waals surface area contributed by atoms with Crippen LogP contribution in [0.15, 0.2) is 0 Å². The van der Waals surface area contributed by atoms with Gasteiger partial charge < -0.3 is 24.8 Å². The number of aliphatic hydroxyl groups excluding tert-OH is 3. The molecule has 18 heavy (non-hydrogen) atoms. The summed E-state index contributed by atoms with van der Waals surface area (Å²) in [5, 5.41) is 29.5. The zero-order chi connectivity index (χ0) is 13.0. The van der Waals surface area contributed by atoms with Crippen molar-refractivity contribution >= 4 is 0 Å². The van der Waals surface area contributed by atoms with Gasteiger partial charge in [-0.3, -0.25) is 0 Å². The largest absolute Gasteiger partial charge is 0.396 e. The van der Waals surface area contributed by atoms with Gasteiger partial charge in [0.1, 0.15) is 6.79 Å². The fourth-order valence-electron chi connectivity index (χ4n) is 4.99. The van der Waals surface area contributed by atoms with Crippen molar-refractivity contribution in [2.75, 3.05) is 27.1 Å². The molecule has 3 N–H and O–H groups in total. The predicted octanol–water partition coefficient (Wildman–Crippen LogP) is -0.119. The highest BCUT2D eigenvalue weighted by Crippen LogP contribution is 2.82. The lowest BCUT2D eigenvalue weighted by Crippen LogP contribution is -2.48. The lowest BCUT2D eigenvalue weighted by atomic mass is 9.64. The Labute approximate surface area is 107 Å². The van der Waals surface area contributed by atoms with Crippen LogP contribution in [0.3, 0.4) is 0 Å². The summed E-state index contributed by atoms with van der Waals surface area (Å²) in [6.07, 6.45) is 2.61. The van der Waals surface area contributed by atoms with Gasteiger partial charge >= 0.3 is 0 Å². The average molecular weight is 258 g/mol. The molecule has 4 bridgehead atoms. The summed E-state index contributed by atoms with van der Waals surface area (Å²) in [6, 6.07) is 0. The molecule has 0 aliphatic heterocycles. The van der Waals surface area contributed by atoms with Crippen molar-refractivity contribution in [2.24, 2.45) is 16.7 Å². The van der Waals surface area contributed by atoms with Gasteiger partial charge in [-0.05, 0) is 31.1 Å². The molecule has 104 valence electrons. The Hall–Kier alpha value is -0.200. The number of ether oxygens (including phenoxy) is 2. The minimum absolute atomic E-state index is 0.00505. The molecule has 0 aromatic heterocycles. The third-order valence-electron chi connectivity index (χ3n) is 5.79. The maximum atomic E-state index is 10.5. The molecule has 5 nitrogen and oxygen atoms in total. The van der Waals surface area contributed by atoms with Crippen molar-refractivity contribution in [1.29, 1.82) is 0 Å². The molecule has 5 heteroatoms. The first-order valence-electron chi connectivity index (χ1n) is 6.65. The number of rotatable bonds is 6. The fraction of sp³-hybridized carbons (Fsp3) is 1.00. The number of fused-ring (bicyclic) bond motifs is 1. The van der Waals surface area contributed by atoms with E-state index in [2.05, 4.69) is 0 Å². The molecule has 0 amide bonds. The summed E-state index contributed by atoms with van der Waals surface area (Å²) in [7, 11) is 1.58. The van der Waals surface area contributed by atoms with Gasteiger partial charge in [0.25, 0.3) is 0 Å². The van der Waals surface area contributed by atoms with Gasteiger partial charge in [-0.1, -0.05) is 0 Å². The summed E-state index contributed by atoms with van der Waals surface area (Å²) in [5.74, 6) is 0.00505. The molecule has 0 aromatic rings. The summed E-state index contributed by atoms with van der Waals surface area (Å²) in [4.78, 5) is 0. The van der Waals surface area contributed by atoms with Crippen LogP contribution in [-0.2, 0) is 9.47 Å². The summed E-state index contributed by atoms with van der Waals surface area (Å²) in [6.45, 7) is 0.348. The minimum atomic E-state index is -0.470. The van der Waals surface area contributed by atoms with Gasteiger partial charge in [0.05, 0.1) is 18.3 Å².